The summed E-state index contributed by atoms with van der Waals surface area (Å²) in [5.74, 6) is -2.17. The fourth-order valence-corrected chi connectivity index (χ4v) is 5.95. The van der Waals surface area contributed by atoms with Gasteiger partial charge in [0.05, 0.1) is 10.4 Å². The van der Waals surface area contributed by atoms with E-state index in [4.69, 9.17) is 9.05 Å². The Morgan fingerprint density at radius 1 is 1.03 bits per heavy atom. The van der Waals surface area contributed by atoms with Crippen molar-refractivity contribution >= 4 is 28.5 Å². The van der Waals surface area contributed by atoms with Crippen LogP contribution in [0.5, 0.6) is 0 Å². The van der Waals surface area contributed by atoms with Crippen molar-refractivity contribution in [2.24, 2.45) is 0 Å². The maximum Gasteiger partial charge on any atom is 0.358 e. The highest BCUT2D eigenvalue weighted by Gasteiger charge is 2.38. The summed E-state index contributed by atoms with van der Waals surface area (Å²) in [7, 11) is -5.23. The molecular weight excluding hydrogens is 413 g/mol. The summed E-state index contributed by atoms with van der Waals surface area (Å²) in [6.07, 6.45) is 1.46. The van der Waals surface area contributed by atoms with E-state index in [9.17, 15) is 18.1 Å². The average Bonchev–Trinajstić information content (AvgIpc) is 3.13. The summed E-state index contributed by atoms with van der Waals surface area (Å²) in [6.45, 7) is 3.53. The summed E-state index contributed by atoms with van der Waals surface area (Å²) in [5.41, 5.74) is 1.94. The number of fused-ring (bicyclic) bond motifs is 1. The Labute approximate surface area is 170 Å². The van der Waals surface area contributed by atoms with E-state index in [1.807, 2.05) is 6.92 Å². The second-order valence-corrected chi connectivity index (χ2v) is 11.0. The lowest BCUT2D eigenvalue weighted by molar-refractivity contribution is 0.158. The van der Waals surface area contributed by atoms with E-state index in [0.717, 1.165) is 5.56 Å². The van der Waals surface area contributed by atoms with Crippen LogP contribution in [0.4, 0.5) is 0 Å². The van der Waals surface area contributed by atoms with Gasteiger partial charge < -0.3 is 14.2 Å². The van der Waals surface area contributed by atoms with Crippen molar-refractivity contribution in [2.45, 2.75) is 30.5 Å². The molecule has 0 radical (unpaired) electrons. The number of hydrogen-bond donors (Lipinski definition) is 1. The van der Waals surface area contributed by atoms with Crippen LogP contribution >= 0.6 is 7.60 Å². The number of para-hydroxylation sites is 1. The Morgan fingerprint density at radius 2 is 1.62 bits per heavy atom. The molecule has 3 rings (SSSR count). The molecule has 2 atom stereocenters. The molecule has 0 saturated carbocycles. The van der Waals surface area contributed by atoms with Gasteiger partial charge in [-0.1, -0.05) is 42.8 Å². The molecule has 0 aliphatic heterocycles. The summed E-state index contributed by atoms with van der Waals surface area (Å²) in [5, 5.41) is 11.3. The normalized spacial score (nSPS) is 14.8. The first-order valence-electron chi connectivity index (χ1n) is 8.97. The monoisotopic (exact) mass is 437 g/mol. The number of aryl methyl sites for hydroxylation is 1. The highest BCUT2D eigenvalue weighted by Crippen LogP contribution is 2.55. The van der Waals surface area contributed by atoms with Crippen molar-refractivity contribution in [3.63, 3.8) is 0 Å². The second-order valence-electron chi connectivity index (χ2n) is 6.82. The molecule has 0 amide bonds. The van der Waals surface area contributed by atoms with Gasteiger partial charge in [0.15, 0.2) is 5.85 Å². The SMILES string of the molecule is COP(=O)(OC)[C@@H](O)[C@H](C)c1cn(S(=O)(=O)c2ccc(C)cc2)c2ccccc12. The number of aliphatic hydroxyl groups excluding tert-OH is 1. The van der Waals surface area contributed by atoms with Crippen molar-refractivity contribution in [1.82, 2.24) is 3.97 Å². The van der Waals surface area contributed by atoms with E-state index in [1.165, 1.54) is 24.4 Å². The van der Waals surface area contributed by atoms with Gasteiger partial charge in [-0.2, -0.15) is 0 Å². The lowest BCUT2D eigenvalue weighted by Gasteiger charge is -2.24. The van der Waals surface area contributed by atoms with Gasteiger partial charge in [0.25, 0.3) is 10.0 Å². The van der Waals surface area contributed by atoms with Crippen LogP contribution < -0.4 is 0 Å². The molecule has 0 fully saturated rings. The molecular formula is C20H24NO6PS. The number of benzene rings is 2. The first kappa shape index (κ1) is 21.7. The summed E-state index contributed by atoms with van der Waals surface area (Å²) >= 11 is 0. The summed E-state index contributed by atoms with van der Waals surface area (Å²) < 4.78 is 50.2. The van der Waals surface area contributed by atoms with E-state index < -0.39 is 29.4 Å². The van der Waals surface area contributed by atoms with Gasteiger partial charge in [0.2, 0.25) is 0 Å². The van der Waals surface area contributed by atoms with Gasteiger partial charge in [-0.05, 0) is 30.7 Å². The third-order valence-corrected chi connectivity index (χ3v) is 8.86. The van der Waals surface area contributed by atoms with E-state index in [-0.39, 0.29) is 4.90 Å². The lowest BCUT2D eigenvalue weighted by Crippen LogP contribution is -2.18. The molecule has 0 spiro atoms. The van der Waals surface area contributed by atoms with Gasteiger partial charge in [-0.3, -0.25) is 4.57 Å². The van der Waals surface area contributed by atoms with Gasteiger partial charge >= 0.3 is 7.60 Å². The van der Waals surface area contributed by atoms with Crippen LogP contribution in [-0.2, 0) is 23.6 Å². The maximum atomic E-state index is 13.3. The number of aromatic nitrogens is 1. The zero-order valence-corrected chi connectivity index (χ0v) is 18.4. The van der Waals surface area contributed by atoms with Gasteiger partial charge in [0.1, 0.15) is 0 Å². The molecule has 0 bridgehead atoms. The van der Waals surface area contributed by atoms with Crippen LogP contribution in [0.25, 0.3) is 10.9 Å². The smallest absolute Gasteiger partial charge is 0.358 e. The van der Waals surface area contributed by atoms with Crippen LogP contribution in [0.3, 0.4) is 0 Å². The first-order chi connectivity index (χ1) is 13.7. The second kappa shape index (κ2) is 8.05. The molecule has 3 aromatic rings. The molecule has 1 N–H and O–H groups in total. The number of aliphatic hydroxyl groups is 1. The Hall–Kier alpha value is -1.96. The van der Waals surface area contributed by atoms with Crippen LogP contribution in [0.2, 0.25) is 0 Å². The fourth-order valence-electron chi connectivity index (χ4n) is 3.29. The van der Waals surface area contributed by atoms with Crippen LogP contribution in [0.15, 0.2) is 59.6 Å². The Bertz CT molecular complexity index is 1160. The molecule has 1 aromatic heterocycles. The first-order valence-corrected chi connectivity index (χ1v) is 12.0. The molecule has 0 unspecified atom stereocenters. The van der Waals surface area contributed by atoms with E-state index >= 15 is 0 Å². The van der Waals surface area contributed by atoms with Crippen molar-refractivity contribution in [3.8, 4) is 0 Å². The van der Waals surface area contributed by atoms with Gasteiger partial charge in [0, 0.05) is 31.7 Å². The fraction of sp³-hybridized carbons (Fsp3) is 0.300. The third-order valence-electron chi connectivity index (χ3n) is 5.06. The minimum Gasteiger partial charge on any atom is -0.380 e. The Kier molecular flexibility index (Phi) is 6.03. The van der Waals surface area contributed by atoms with Crippen LogP contribution in [0, 0.1) is 6.92 Å². The average molecular weight is 437 g/mol. The summed E-state index contributed by atoms with van der Waals surface area (Å²) in [6, 6.07) is 13.6. The van der Waals surface area contributed by atoms with Gasteiger partial charge in [-0.15, -0.1) is 0 Å². The predicted octanol–water partition coefficient (Wildman–Crippen LogP) is 4.09. The van der Waals surface area contributed by atoms with Crippen molar-refractivity contribution in [2.75, 3.05) is 14.2 Å². The highest BCUT2D eigenvalue weighted by atomic mass is 32.2. The maximum absolute atomic E-state index is 13.3. The third kappa shape index (κ3) is 3.79. The number of rotatable bonds is 7. The Morgan fingerprint density at radius 3 is 2.21 bits per heavy atom. The van der Waals surface area contributed by atoms with Crippen molar-refractivity contribution in [3.05, 3.63) is 65.9 Å². The van der Waals surface area contributed by atoms with Crippen molar-refractivity contribution < 1.29 is 27.1 Å². The van der Waals surface area contributed by atoms with E-state index in [0.29, 0.717) is 16.5 Å². The molecule has 0 aliphatic rings. The molecule has 29 heavy (non-hydrogen) atoms. The molecule has 156 valence electrons. The zero-order chi connectivity index (χ0) is 21.4. The Balaban J connectivity index is 2.18. The molecule has 1 heterocycles. The lowest BCUT2D eigenvalue weighted by atomic mass is 10.0. The largest absolute Gasteiger partial charge is 0.380 e. The summed E-state index contributed by atoms with van der Waals surface area (Å²) in [4.78, 5) is 0.156. The topological polar surface area (TPSA) is 94.8 Å². The molecule has 2 aromatic carbocycles. The minimum absolute atomic E-state index is 0.156. The predicted molar refractivity (Wildman–Crippen MR) is 112 cm³/mol. The molecule has 0 saturated heterocycles. The minimum atomic E-state index is -3.86. The zero-order valence-electron chi connectivity index (χ0n) is 16.6. The van der Waals surface area contributed by atoms with Crippen LogP contribution in [0.1, 0.15) is 24.0 Å². The highest BCUT2D eigenvalue weighted by molar-refractivity contribution is 7.90. The van der Waals surface area contributed by atoms with Crippen LogP contribution in [-0.4, -0.2) is 37.6 Å². The van der Waals surface area contributed by atoms with E-state index in [1.54, 1.807) is 55.5 Å². The molecule has 9 heteroatoms. The molecule has 7 nitrogen and oxygen atoms in total. The quantitative estimate of drug-likeness (QED) is 0.560. The van der Waals surface area contributed by atoms with E-state index in [2.05, 4.69) is 0 Å². The standard InChI is InChI=1S/C20H24NO6PS/c1-14-9-11-16(12-10-14)29(24,25)21-13-18(17-7-5-6-8-19(17)21)15(2)20(22)28(23,26-3)27-4/h5-13,15,20,22H,1-4H3/t15-,20-/m1/s1. The number of nitrogens with zero attached hydrogens (tertiary/aromatic N) is 1. The number of hydrogen-bond acceptors (Lipinski definition) is 6. The molecule has 0 aliphatic carbocycles. The van der Waals surface area contributed by atoms with Crippen molar-refractivity contribution in [1.29, 1.82) is 0 Å². The van der Waals surface area contributed by atoms with Gasteiger partial charge in [-0.25, -0.2) is 12.4 Å².